The first-order chi connectivity index (χ1) is 24.7. The van der Waals surface area contributed by atoms with Crippen LogP contribution < -0.4 is 5.73 Å². The van der Waals surface area contributed by atoms with E-state index in [0.29, 0.717) is 13.0 Å². The summed E-state index contributed by atoms with van der Waals surface area (Å²) >= 11 is 0. The standard InChI is InChI=1S/C40H74NO9P/c1-3-5-7-9-11-13-15-17-19-20-22-24-26-28-30-32-39(42)50-37(35-48-51(45,46)49-36-38(41)40(43)44)34-47-33-31-29-27-25-23-21-18-16-14-12-10-8-6-4-2/h5,7,11,13,17,19,37-38H,3-4,6,8-10,12,14-16,18,20-36,41H2,1-2H3,(H,43,44)(H,45,46)/b7-5-,13-11-,19-17-/t37-,38+/m1/s1. The highest BCUT2D eigenvalue weighted by Crippen LogP contribution is 2.43. The first kappa shape index (κ1) is 49.2. The third-order valence-electron chi connectivity index (χ3n) is 8.43. The van der Waals surface area contributed by atoms with Crippen molar-refractivity contribution in [3.05, 3.63) is 36.5 Å². The summed E-state index contributed by atoms with van der Waals surface area (Å²) in [5.74, 6) is -1.79. The summed E-state index contributed by atoms with van der Waals surface area (Å²) in [4.78, 5) is 33.4. The van der Waals surface area contributed by atoms with Gasteiger partial charge in [0, 0.05) is 13.0 Å². The number of aliphatic carboxylic acids is 1. The quantitative estimate of drug-likeness (QED) is 0.0241. The summed E-state index contributed by atoms with van der Waals surface area (Å²) < 4.78 is 33.2. The molecule has 0 amide bonds. The molecule has 0 aromatic carbocycles. The minimum Gasteiger partial charge on any atom is -0.480 e. The highest BCUT2D eigenvalue weighted by molar-refractivity contribution is 7.47. The van der Waals surface area contributed by atoms with E-state index < -0.39 is 45.1 Å². The normalized spacial score (nSPS) is 14.4. The van der Waals surface area contributed by atoms with Gasteiger partial charge in [-0.15, -0.1) is 0 Å². The number of phosphoric acid groups is 1. The molecule has 0 heterocycles. The highest BCUT2D eigenvalue weighted by Gasteiger charge is 2.27. The van der Waals surface area contributed by atoms with Gasteiger partial charge < -0.3 is 25.2 Å². The van der Waals surface area contributed by atoms with E-state index in [2.05, 4.69) is 50.3 Å². The zero-order valence-electron chi connectivity index (χ0n) is 32.2. The number of esters is 1. The second-order valence-electron chi connectivity index (χ2n) is 13.4. The predicted octanol–water partition coefficient (Wildman–Crippen LogP) is 10.5. The Hall–Kier alpha value is -1.81. The van der Waals surface area contributed by atoms with Crippen molar-refractivity contribution in [2.24, 2.45) is 5.73 Å². The van der Waals surface area contributed by atoms with Crippen LogP contribution in [0.1, 0.15) is 168 Å². The van der Waals surface area contributed by atoms with Gasteiger partial charge in [0.1, 0.15) is 12.1 Å². The van der Waals surface area contributed by atoms with Gasteiger partial charge in [0.25, 0.3) is 0 Å². The topological polar surface area (TPSA) is 155 Å². The Morgan fingerprint density at radius 2 is 1.14 bits per heavy atom. The van der Waals surface area contributed by atoms with Gasteiger partial charge >= 0.3 is 19.8 Å². The maximum Gasteiger partial charge on any atom is 0.472 e. The van der Waals surface area contributed by atoms with E-state index in [-0.39, 0.29) is 13.0 Å². The summed E-state index contributed by atoms with van der Waals surface area (Å²) in [5.41, 5.74) is 5.34. The van der Waals surface area contributed by atoms with Gasteiger partial charge in [-0.3, -0.25) is 18.6 Å². The third kappa shape index (κ3) is 36.3. The minimum absolute atomic E-state index is 0.0119. The van der Waals surface area contributed by atoms with Gasteiger partial charge in [0.2, 0.25) is 0 Å². The molecule has 51 heavy (non-hydrogen) atoms. The molecular weight excluding hydrogens is 669 g/mol. The van der Waals surface area contributed by atoms with Crippen LogP contribution >= 0.6 is 7.82 Å². The number of ether oxygens (including phenoxy) is 2. The summed E-state index contributed by atoms with van der Waals surface area (Å²) in [6, 6.07) is -1.47. The largest absolute Gasteiger partial charge is 0.480 e. The van der Waals surface area contributed by atoms with Crippen molar-refractivity contribution in [2.45, 2.75) is 180 Å². The van der Waals surface area contributed by atoms with Crippen LogP contribution in [0.2, 0.25) is 0 Å². The smallest absolute Gasteiger partial charge is 0.472 e. The Balaban J connectivity index is 4.30. The van der Waals surface area contributed by atoms with Gasteiger partial charge in [-0.05, 0) is 44.9 Å². The van der Waals surface area contributed by atoms with Crippen LogP contribution in [0.3, 0.4) is 0 Å². The van der Waals surface area contributed by atoms with Crippen molar-refractivity contribution < 1.29 is 42.7 Å². The van der Waals surface area contributed by atoms with Crippen LogP contribution in [0.4, 0.5) is 0 Å². The number of hydrogen-bond donors (Lipinski definition) is 3. The van der Waals surface area contributed by atoms with E-state index >= 15 is 0 Å². The Morgan fingerprint density at radius 1 is 0.647 bits per heavy atom. The van der Waals surface area contributed by atoms with Crippen molar-refractivity contribution in [3.63, 3.8) is 0 Å². The monoisotopic (exact) mass is 744 g/mol. The third-order valence-corrected chi connectivity index (χ3v) is 9.38. The van der Waals surface area contributed by atoms with Crippen LogP contribution in [-0.4, -0.2) is 60.5 Å². The van der Waals surface area contributed by atoms with Crippen molar-refractivity contribution in [1.29, 1.82) is 0 Å². The number of unbranched alkanes of at least 4 members (excludes halogenated alkanes) is 18. The molecule has 0 aliphatic heterocycles. The number of carboxylic acids is 1. The fourth-order valence-electron chi connectivity index (χ4n) is 5.32. The number of carbonyl (C=O) groups is 2. The SMILES string of the molecule is CC/C=C\C/C=C\C/C=C\CCCCCCCC(=O)O[C@H](COCCCCCCCCCCCCCCCC)COP(=O)(O)OC[C@H](N)C(=O)O. The molecule has 0 saturated carbocycles. The highest BCUT2D eigenvalue weighted by atomic mass is 31.2. The maximum absolute atomic E-state index is 12.6. The molecule has 0 aliphatic carbocycles. The lowest BCUT2D eigenvalue weighted by atomic mass is 10.0. The molecule has 11 heteroatoms. The molecule has 0 aromatic heterocycles. The number of phosphoric ester groups is 1. The molecule has 10 nitrogen and oxygen atoms in total. The van der Waals surface area contributed by atoms with Gasteiger partial charge in [0.15, 0.2) is 0 Å². The maximum atomic E-state index is 12.6. The zero-order valence-corrected chi connectivity index (χ0v) is 33.1. The van der Waals surface area contributed by atoms with Crippen molar-refractivity contribution in [1.82, 2.24) is 0 Å². The van der Waals surface area contributed by atoms with Gasteiger partial charge in [-0.2, -0.15) is 0 Å². The van der Waals surface area contributed by atoms with E-state index in [1.807, 2.05) is 0 Å². The molecule has 0 rings (SSSR count). The number of nitrogens with two attached hydrogens (primary N) is 1. The van der Waals surface area contributed by atoms with E-state index in [9.17, 15) is 19.0 Å². The average Bonchev–Trinajstić information content (AvgIpc) is 3.10. The van der Waals surface area contributed by atoms with Crippen LogP contribution in [-0.2, 0) is 32.7 Å². The van der Waals surface area contributed by atoms with E-state index in [1.165, 1.54) is 70.6 Å². The summed E-state index contributed by atoms with van der Waals surface area (Å²) in [7, 11) is -4.61. The fourth-order valence-corrected chi connectivity index (χ4v) is 6.10. The Kier molecular flexibility index (Phi) is 35.2. The molecule has 0 fully saturated rings. The first-order valence-corrected chi connectivity index (χ1v) is 21.5. The van der Waals surface area contributed by atoms with Gasteiger partial charge in [-0.1, -0.05) is 153 Å². The lowest BCUT2D eigenvalue weighted by molar-refractivity contribution is -0.154. The molecule has 298 valence electrons. The number of carbonyl (C=O) groups excluding carboxylic acids is 1. The van der Waals surface area contributed by atoms with Crippen molar-refractivity contribution in [2.75, 3.05) is 26.4 Å². The average molecular weight is 744 g/mol. The molecule has 1 unspecified atom stereocenters. The molecule has 0 aromatic rings. The van der Waals surface area contributed by atoms with Crippen molar-refractivity contribution in [3.8, 4) is 0 Å². The van der Waals surface area contributed by atoms with Gasteiger partial charge in [0.05, 0.1) is 19.8 Å². The molecule has 0 bridgehead atoms. The number of carboxylic acid groups (broad SMARTS) is 1. The molecule has 3 atom stereocenters. The van der Waals surface area contributed by atoms with Crippen LogP contribution in [0, 0.1) is 0 Å². The Labute approximate surface area is 310 Å². The Bertz CT molecular complexity index is 956. The number of rotatable bonds is 38. The van der Waals surface area contributed by atoms with Crippen molar-refractivity contribution >= 4 is 19.8 Å². The second-order valence-corrected chi connectivity index (χ2v) is 14.8. The zero-order chi connectivity index (χ0) is 37.7. The van der Waals surface area contributed by atoms with Crippen LogP contribution in [0.5, 0.6) is 0 Å². The number of hydrogen-bond acceptors (Lipinski definition) is 8. The fraction of sp³-hybridized carbons (Fsp3) is 0.800. The first-order valence-electron chi connectivity index (χ1n) is 20.0. The lowest BCUT2D eigenvalue weighted by Crippen LogP contribution is -2.34. The van der Waals surface area contributed by atoms with Gasteiger partial charge in [-0.25, -0.2) is 4.57 Å². The van der Waals surface area contributed by atoms with E-state index in [1.54, 1.807) is 0 Å². The van der Waals surface area contributed by atoms with Crippen LogP contribution in [0.25, 0.3) is 0 Å². The second kappa shape index (κ2) is 36.5. The molecule has 0 radical (unpaired) electrons. The van der Waals surface area contributed by atoms with Crippen LogP contribution in [0.15, 0.2) is 36.5 Å². The lowest BCUT2D eigenvalue weighted by Gasteiger charge is -2.20. The predicted molar refractivity (Wildman–Crippen MR) is 208 cm³/mol. The molecular formula is C40H74NO9P. The molecule has 0 aliphatic rings. The summed E-state index contributed by atoms with van der Waals surface area (Å²) in [5, 5.41) is 8.87. The summed E-state index contributed by atoms with van der Waals surface area (Å²) in [6.45, 7) is 3.75. The molecule has 0 spiro atoms. The number of allylic oxidation sites excluding steroid dienone is 6. The van der Waals surface area contributed by atoms with E-state index in [4.69, 9.17) is 29.4 Å². The van der Waals surface area contributed by atoms with E-state index in [0.717, 1.165) is 70.6 Å². The molecule has 0 saturated heterocycles. The Morgan fingerprint density at radius 3 is 1.71 bits per heavy atom. The molecule has 4 N–H and O–H groups in total. The summed E-state index contributed by atoms with van der Waals surface area (Å²) in [6.07, 6.45) is 39.1. The minimum atomic E-state index is -4.61.